The van der Waals surface area contributed by atoms with E-state index in [4.69, 9.17) is 4.74 Å². The first-order valence-corrected chi connectivity index (χ1v) is 10.7. The van der Waals surface area contributed by atoms with Crippen LogP contribution in [0.3, 0.4) is 0 Å². The summed E-state index contributed by atoms with van der Waals surface area (Å²) in [5.41, 5.74) is 2.86. The molecule has 0 heterocycles. The summed E-state index contributed by atoms with van der Waals surface area (Å²) in [7, 11) is 3.22. The third-order valence-corrected chi connectivity index (χ3v) is 5.17. The number of nitrogens with zero attached hydrogens (tertiary/aromatic N) is 2. The second-order valence-electron chi connectivity index (χ2n) is 7.64. The van der Waals surface area contributed by atoms with Gasteiger partial charge in [-0.05, 0) is 61.0 Å². The monoisotopic (exact) mass is 460 g/mol. The maximum Gasteiger partial charge on any atom is 0.319 e. The molecule has 3 aromatic carbocycles. The van der Waals surface area contributed by atoms with Crippen molar-refractivity contribution in [2.75, 3.05) is 42.4 Å². The van der Waals surface area contributed by atoms with Gasteiger partial charge in [-0.25, -0.2) is 4.79 Å². The van der Waals surface area contributed by atoms with Crippen LogP contribution < -0.4 is 25.2 Å². The standard InChI is InChI=1S/C26H28N4O4/c1-19-8-7-9-20(16-19)28-26(33)27-17-24(31)30(22-10-5-4-6-11-22)18-25(32)29(2)21-12-14-23(34-3)15-13-21/h4-16H,17-18H2,1-3H3,(H2,27,28,33). The molecule has 0 fully saturated rings. The number of ether oxygens (including phenoxy) is 1. The fourth-order valence-electron chi connectivity index (χ4n) is 3.27. The van der Waals surface area contributed by atoms with Crippen LogP contribution >= 0.6 is 0 Å². The average Bonchev–Trinajstić information content (AvgIpc) is 2.86. The van der Waals surface area contributed by atoms with Crippen molar-refractivity contribution in [1.29, 1.82) is 0 Å². The van der Waals surface area contributed by atoms with E-state index < -0.39 is 11.9 Å². The molecular weight excluding hydrogens is 432 g/mol. The van der Waals surface area contributed by atoms with E-state index in [1.54, 1.807) is 68.8 Å². The summed E-state index contributed by atoms with van der Waals surface area (Å²) in [4.78, 5) is 41.1. The smallest absolute Gasteiger partial charge is 0.319 e. The molecule has 8 nitrogen and oxygen atoms in total. The Labute approximate surface area is 199 Å². The Morgan fingerprint density at radius 2 is 1.56 bits per heavy atom. The lowest BCUT2D eigenvalue weighted by atomic mass is 10.2. The highest BCUT2D eigenvalue weighted by Crippen LogP contribution is 2.20. The number of likely N-dealkylation sites (N-methyl/N-ethyl adjacent to an activating group) is 1. The minimum Gasteiger partial charge on any atom is -0.497 e. The van der Waals surface area contributed by atoms with E-state index in [0.29, 0.717) is 22.8 Å². The van der Waals surface area contributed by atoms with Gasteiger partial charge in [0, 0.05) is 24.1 Å². The fourth-order valence-corrected chi connectivity index (χ4v) is 3.27. The molecule has 3 aromatic rings. The number of urea groups is 1. The quantitative estimate of drug-likeness (QED) is 0.535. The first kappa shape index (κ1) is 24.3. The van der Waals surface area contributed by atoms with Crippen molar-refractivity contribution in [2.45, 2.75) is 6.92 Å². The van der Waals surface area contributed by atoms with E-state index in [2.05, 4.69) is 10.6 Å². The van der Waals surface area contributed by atoms with Crippen LogP contribution in [0.1, 0.15) is 5.56 Å². The number of nitrogens with one attached hydrogen (secondary N) is 2. The number of amides is 4. The van der Waals surface area contributed by atoms with Gasteiger partial charge >= 0.3 is 6.03 Å². The lowest BCUT2D eigenvalue weighted by Crippen LogP contribution is -2.46. The van der Waals surface area contributed by atoms with Crippen LogP contribution in [0.15, 0.2) is 78.9 Å². The van der Waals surface area contributed by atoms with Crippen LogP contribution in [0, 0.1) is 6.92 Å². The molecule has 0 aliphatic carbocycles. The summed E-state index contributed by atoms with van der Waals surface area (Å²) < 4.78 is 5.16. The molecular formula is C26H28N4O4. The summed E-state index contributed by atoms with van der Waals surface area (Å²) in [6.07, 6.45) is 0. The number of carbonyl (C=O) groups is 3. The van der Waals surface area contributed by atoms with Gasteiger partial charge in [-0.15, -0.1) is 0 Å². The highest BCUT2D eigenvalue weighted by molar-refractivity contribution is 6.05. The van der Waals surface area contributed by atoms with E-state index in [-0.39, 0.29) is 19.0 Å². The van der Waals surface area contributed by atoms with E-state index in [1.807, 2.05) is 31.2 Å². The maximum absolute atomic E-state index is 13.0. The zero-order valence-corrected chi connectivity index (χ0v) is 19.4. The van der Waals surface area contributed by atoms with E-state index in [0.717, 1.165) is 5.56 Å². The van der Waals surface area contributed by atoms with Gasteiger partial charge in [0.25, 0.3) is 0 Å². The topological polar surface area (TPSA) is 91.0 Å². The van der Waals surface area contributed by atoms with Gasteiger partial charge in [-0.2, -0.15) is 0 Å². The van der Waals surface area contributed by atoms with Gasteiger partial charge in [0.15, 0.2) is 0 Å². The van der Waals surface area contributed by atoms with Crippen LogP contribution in [0.4, 0.5) is 21.9 Å². The number of rotatable bonds is 8. The maximum atomic E-state index is 13.0. The third-order valence-electron chi connectivity index (χ3n) is 5.17. The Morgan fingerprint density at radius 1 is 0.853 bits per heavy atom. The molecule has 0 saturated carbocycles. The van der Waals surface area contributed by atoms with Gasteiger partial charge in [-0.1, -0.05) is 30.3 Å². The first-order chi connectivity index (χ1) is 16.4. The van der Waals surface area contributed by atoms with Crippen LogP contribution in [-0.2, 0) is 9.59 Å². The van der Waals surface area contributed by atoms with Crippen LogP contribution in [-0.4, -0.2) is 45.1 Å². The minimum atomic E-state index is -0.506. The number of hydrogen-bond donors (Lipinski definition) is 2. The average molecular weight is 461 g/mol. The summed E-state index contributed by atoms with van der Waals surface area (Å²) in [5.74, 6) is -0.0191. The van der Waals surface area contributed by atoms with Crippen LogP contribution in [0.2, 0.25) is 0 Å². The molecule has 34 heavy (non-hydrogen) atoms. The Morgan fingerprint density at radius 3 is 2.21 bits per heavy atom. The zero-order valence-electron chi connectivity index (χ0n) is 19.4. The predicted molar refractivity (Wildman–Crippen MR) is 133 cm³/mol. The van der Waals surface area contributed by atoms with Crippen molar-refractivity contribution in [2.24, 2.45) is 0 Å². The second kappa shape index (κ2) is 11.5. The molecule has 176 valence electrons. The Kier molecular flexibility index (Phi) is 8.23. The molecule has 0 spiro atoms. The van der Waals surface area contributed by atoms with Crippen LogP contribution in [0.5, 0.6) is 5.75 Å². The Hall–Kier alpha value is -4.33. The van der Waals surface area contributed by atoms with Gasteiger partial charge in [0.2, 0.25) is 11.8 Å². The van der Waals surface area contributed by atoms with Crippen molar-refractivity contribution >= 4 is 34.9 Å². The van der Waals surface area contributed by atoms with Gasteiger partial charge < -0.3 is 25.2 Å². The molecule has 2 N–H and O–H groups in total. The first-order valence-electron chi connectivity index (χ1n) is 10.7. The van der Waals surface area contributed by atoms with E-state index in [9.17, 15) is 14.4 Å². The SMILES string of the molecule is COc1ccc(N(C)C(=O)CN(C(=O)CNC(=O)Nc2cccc(C)c2)c2ccccc2)cc1. The molecule has 0 aliphatic rings. The van der Waals surface area contributed by atoms with Crippen molar-refractivity contribution in [1.82, 2.24) is 5.32 Å². The molecule has 0 bridgehead atoms. The van der Waals surface area contributed by atoms with Crippen molar-refractivity contribution < 1.29 is 19.1 Å². The fraction of sp³-hybridized carbons (Fsp3) is 0.192. The van der Waals surface area contributed by atoms with Crippen molar-refractivity contribution in [3.8, 4) is 5.75 Å². The number of methoxy groups -OCH3 is 1. The second-order valence-corrected chi connectivity index (χ2v) is 7.64. The van der Waals surface area contributed by atoms with Gasteiger partial charge in [-0.3, -0.25) is 9.59 Å². The number of hydrogen-bond acceptors (Lipinski definition) is 4. The van der Waals surface area contributed by atoms with Crippen LogP contribution in [0.25, 0.3) is 0 Å². The molecule has 8 heteroatoms. The molecule has 3 rings (SSSR count). The molecule has 0 unspecified atom stereocenters. The number of benzene rings is 3. The Bertz CT molecular complexity index is 1130. The van der Waals surface area contributed by atoms with Crippen molar-refractivity contribution in [3.63, 3.8) is 0 Å². The zero-order chi connectivity index (χ0) is 24.5. The van der Waals surface area contributed by atoms with E-state index >= 15 is 0 Å². The molecule has 0 radical (unpaired) electrons. The molecule has 0 aromatic heterocycles. The largest absolute Gasteiger partial charge is 0.497 e. The summed E-state index contributed by atoms with van der Waals surface area (Å²) in [6, 6.07) is 22.8. The highest BCUT2D eigenvalue weighted by Gasteiger charge is 2.22. The molecule has 0 aliphatic heterocycles. The van der Waals surface area contributed by atoms with Gasteiger partial charge in [0.05, 0.1) is 13.7 Å². The summed E-state index contributed by atoms with van der Waals surface area (Å²) >= 11 is 0. The number of para-hydroxylation sites is 1. The molecule has 0 saturated heterocycles. The lowest BCUT2D eigenvalue weighted by Gasteiger charge is -2.26. The number of aryl methyl sites for hydroxylation is 1. The van der Waals surface area contributed by atoms with E-state index in [1.165, 1.54) is 9.80 Å². The van der Waals surface area contributed by atoms with Crippen molar-refractivity contribution in [3.05, 3.63) is 84.4 Å². The molecule has 0 atom stereocenters. The third kappa shape index (κ3) is 6.59. The summed E-state index contributed by atoms with van der Waals surface area (Å²) in [5, 5.41) is 5.27. The molecule has 4 amide bonds. The minimum absolute atomic E-state index is 0.188. The number of anilines is 3. The predicted octanol–water partition coefficient (Wildman–Crippen LogP) is 3.82. The van der Waals surface area contributed by atoms with Gasteiger partial charge in [0.1, 0.15) is 12.3 Å². The highest BCUT2D eigenvalue weighted by atomic mass is 16.5. The summed E-state index contributed by atoms with van der Waals surface area (Å²) in [6.45, 7) is 1.46. The number of carbonyl (C=O) groups excluding carboxylic acids is 3. The normalized spacial score (nSPS) is 10.2. The Balaban J connectivity index is 1.67. The lowest BCUT2D eigenvalue weighted by molar-refractivity contribution is -0.121.